The Morgan fingerprint density at radius 1 is 1.78 bits per heavy atom. The highest BCUT2D eigenvalue weighted by atomic mass is 127. The summed E-state index contributed by atoms with van der Waals surface area (Å²) in [7, 11) is 0. The van der Waals surface area contributed by atoms with Crippen LogP contribution < -0.4 is 5.73 Å². The van der Waals surface area contributed by atoms with Crippen LogP contribution in [0.5, 0.6) is 0 Å². The van der Waals surface area contributed by atoms with E-state index in [4.69, 9.17) is 5.73 Å². The highest BCUT2D eigenvalue weighted by Gasteiger charge is 1.82. The van der Waals surface area contributed by atoms with E-state index in [0.29, 0.717) is 0 Å². The fourth-order valence-electron chi connectivity index (χ4n) is 0.312. The van der Waals surface area contributed by atoms with Crippen molar-refractivity contribution in [1.29, 1.82) is 0 Å². The highest BCUT2D eigenvalue weighted by Crippen LogP contribution is 1.95. The van der Waals surface area contributed by atoms with Crippen molar-refractivity contribution in [2.45, 2.75) is 6.92 Å². The molecule has 0 atom stereocenters. The van der Waals surface area contributed by atoms with Crippen molar-refractivity contribution in [3.63, 3.8) is 0 Å². The Morgan fingerprint density at radius 2 is 2.33 bits per heavy atom. The van der Waals surface area contributed by atoms with Crippen molar-refractivity contribution < 1.29 is 0 Å². The van der Waals surface area contributed by atoms with Gasteiger partial charge in [0.1, 0.15) is 3.72 Å². The first kappa shape index (κ1) is 8.68. The van der Waals surface area contributed by atoms with Crippen LogP contribution in [0, 0.1) is 0 Å². The topological polar surface area (TPSA) is 38.4 Å². The fourth-order valence-corrected chi connectivity index (χ4v) is 1.00. The summed E-state index contributed by atoms with van der Waals surface area (Å²) in [5.41, 5.74) is 6.12. The molecule has 0 bridgehead atoms. The molecule has 0 aliphatic heterocycles. The van der Waals surface area contributed by atoms with Gasteiger partial charge in [-0.1, -0.05) is 6.58 Å². The van der Waals surface area contributed by atoms with Crippen LogP contribution >= 0.6 is 22.6 Å². The van der Waals surface area contributed by atoms with Crippen LogP contribution in [-0.2, 0) is 0 Å². The molecule has 0 saturated heterocycles. The second-order valence-electron chi connectivity index (χ2n) is 1.52. The number of hydrogen-bond donors (Lipinski definition) is 1. The average molecular weight is 236 g/mol. The van der Waals surface area contributed by atoms with Crippen LogP contribution in [0.2, 0.25) is 0 Å². The Hall–Kier alpha value is -0.320. The van der Waals surface area contributed by atoms with Gasteiger partial charge in [0.05, 0.1) is 0 Å². The maximum Gasteiger partial charge on any atom is 0.103 e. The van der Waals surface area contributed by atoms with E-state index in [1.54, 1.807) is 6.08 Å². The summed E-state index contributed by atoms with van der Waals surface area (Å²) in [4.78, 5) is 3.88. The van der Waals surface area contributed by atoms with Crippen molar-refractivity contribution >= 4 is 26.3 Å². The number of nitrogens with two attached hydrogens (primary N) is 1. The highest BCUT2D eigenvalue weighted by molar-refractivity contribution is 14.1. The summed E-state index contributed by atoms with van der Waals surface area (Å²) in [5.74, 6) is 0. The lowest BCUT2D eigenvalue weighted by atomic mass is 10.5. The molecular weight excluding hydrogens is 227 g/mol. The molecule has 0 spiro atoms. The Labute approximate surface area is 68.7 Å². The molecule has 0 saturated carbocycles. The van der Waals surface area contributed by atoms with E-state index in [9.17, 15) is 0 Å². The molecule has 2 N–H and O–H groups in total. The maximum absolute atomic E-state index is 5.36. The van der Waals surface area contributed by atoms with Gasteiger partial charge in [-0.2, -0.15) is 0 Å². The molecule has 0 aromatic heterocycles. The Morgan fingerprint density at radius 3 is 2.67 bits per heavy atom. The SMILES string of the molecule is C=CN=C(I)/C=C(/C)N. The van der Waals surface area contributed by atoms with Crippen molar-refractivity contribution in [2.24, 2.45) is 10.7 Å². The lowest BCUT2D eigenvalue weighted by Gasteiger charge is -1.87. The van der Waals surface area contributed by atoms with Gasteiger partial charge in [0.15, 0.2) is 0 Å². The van der Waals surface area contributed by atoms with Gasteiger partial charge in [0.25, 0.3) is 0 Å². The van der Waals surface area contributed by atoms with Crippen LogP contribution in [0.4, 0.5) is 0 Å². The third-order valence-corrected chi connectivity index (χ3v) is 1.15. The van der Waals surface area contributed by atoms with Gasteiger partial charge in [0, 0.05) is 11.9 Å². The third kappa shape index (κ3) is 5.55. The van der Waals surface area contributed by atoms with Gasteiger partial charge in [-0.25, -0.2) is 0 Å². The number of allylic oxidation sites excluding steroid dienone is 2. The van der Waals surface area contributed by atoms with Crippen LogP contribution in [0.25, 0.3) is 0 Å². The van der Waals surface area contributed by atoms with Gasteiger partial charge < -0.3 is 5.73 Å². The summed E-state index contributed by atoms with van der Waals surface area (Å²) in [5, 5.41) is 0. The van der Waals surface area contributed by atoms with Crippen LogP contribution in [0.3, 0.4) is 0 Å². The predicted molar refractivity (Wildman–Crippen MR) is 49.6 cm³/mol. The average Bonchev–Trinajstić information content (AvgIpc) is 1.63. The number of nitrogens with zero attached hydrogens (tertiary/aromatic N) is 1. The van der Waals surface area contributed by atoms with E-state index < -0.39 is 0 Å². The van der Waals surface area contributed by atoms with E-state index in [-0.39, 0.29) is 0 Å². The minimum absolute atomic E-state index is 0.755. The fraction of sp³-hybridized carbons (Fsp3) is 0.167. The monoisotopic (exact) mass is 236 g/mol. The summed E-state index contributed by atoms with van der Waals surface area (Å²) < 4.78 is 0.850. The first-order chi connectivity index (χ1) is 4.16. The zero-order valence-electron chi connectivity index (χ0n) is 5.26. The summed E-state index contributed by atoms with van der Waals surface area (Å²) >= 11 is 2.08. The van der Waals surface area contributed by atoms with E-state index in [0.717, 1.165) is 9.42 Å². The van der Waals surface area contributed by atoms with Gasteiger partial charge in [-0.15, -0.1) is 0 Å². The van der Waals surface area contributed by atoms with Crippen molar-refractivity contribution in [2.75, 3.05) is 0 Å². The minimum Gasteiger partial charge on any atom is -0.402 e. The van der Waals surface area contributed by atoms with Crippen molar-refractivity contribution in [1.82, 2.24) is 0 Å². The van der Waals surface area contributed by atoms with Gasteiger partial charge in [0.2, 0.25) is 0 Å². The van der Waals surface area contributed by atoms with Gasteiger partial charge >= 0.3 is 0 Å². The normalized spacial score (nSPS) is 13.6. The first-order valence-corrected chi connectivity index (χ1v) is 3.52. The molecule has 0 rings (SSSR count). The second-order valence-corrected chi connectivity index (χ2v) is 2.63. The standard InChI is InChI=1S/C6H9IN2/c1-3-9-6(7)4-5(2)8/h3-4H,1,8H2,2H3/b5-4-,9-6?. The number of hydrogen-bond acceptors (Lipinski definition) is 2. The Bertz CT molecular complexity index is 154. The lowest BCUT2D eigenvalue weighted by molar-refractivity contribution is 1.33. The lowest BCUT2D eigenvalue weighted by Crippen LogP contribution is -1.92. The van der Waals surface area contributed by atoms with Crippen LogP contribution in [-0.4, -0.2) is 3.72 Å². The molecule has 0 heterocycles. The van der Waals surface area contributed by atoms with Crippen LogP contribution in [0.15, 0.2) is 29.5 Å². The number of halogens is 1. The Kier molecular flexibility index (Phi) is 4.39. The molecule has 0 aromatic rings. The molecule has 0 radical (unpaired) electrons. The zero-order valence-corrected chi connectivity index (χ0v) is 7.42. The van der Waals surface area contributed by atoms with Crippen molar-refractivity contribution in [3.05, 3.63) is 24.6 Å². The van der Waals surface area contributed by atoms with Crippen molar-refractivity contribution in [3.8, 4) is 0 Å². The van der Waals surface area contributed by atoms with Gasteiger partial charge in [-0.05, 0) is 35.6 Å². The first-order valence-electron chi connectivity index (χ1n) is 2.45. The smallest absolute Gasteiger partial charge is 0.103 e. The molecule has 2 nitrogen and oxygen atoms in total. The largest absolute Gasteiger partial charge is 0.402 e. The summed E-state index contributed by atoms with van der Waals surface area (Å²) in [6.07, 6.45) is 3.27. The quantitative estimate of drug-likeness (QED) is 0.576. The molecule has 0 aliphatic rings. The molecule has 50 valence electrons. The van der Waals surface area contributed by atoms with Gasteiger partial charge in [-0.3, -0.25) is 4.99 Å². The van der Waals surface area contributed by atoms with E-state index >= 15 is 0 Å². The summed E-state index contributed by atoms with van der Waals surface area (Å²) in [6, 6.07) is 0. The Balaban J connectivity index is 4.05. The third-order valence-electron chi connectivity index (χ3n) is 0.561. The number of rotatable bonds is 2. The predicted octanol–water partition coefficient (Wildman–Crippen LogP) is 1.83. The molecule has 9 heavy (non-hydrogen) atoms. The van der Waals surface area contributed by atoms with E-state index in [2.05, 4.69) is 34.2 Å². The molecular formula is C6H9IN2. The molecule has 0 fully saturated rings. The minimum atomic E-state index is 0.755. The molecule has 0 aliphatic carbocycles. The maximum atomic E-state index is 5.36. The second kappa shape index (κ2) is 4.55. The zero-order chi connectivity index (χ0) is 7.28. The van der Waals surface area contributed by atoms with E-state index in [1.807, 2.05) is 6.92 Å². The molecule has 0 unspecified atom stereocenters. The summed E-state index contributed by atoms with van der Waals surface area (Å²) in [6.45, 7) is 5.26. The molecule has 0 amide bonds. The molecule has 3 heteroatoms. The number of aliphatic imine (C=N–C) groups is 1. The molecule has 0 aromatic carbocycles. The van der Waals surface area contributed by atoms with Crippen LogP contribution in [0.1, 0.15) is 6.92 Å². The van der Waals surface area contributed by atoms with E-state index in [1.165, 1.54) is 6.20 Å².